The van der Waals surface area contributed by atoms with Crippen LogP contribution in [0, 0.1) is 0 Å². The minimum atomic E-state index is -4.03. The average molecular weight is 552 g/mol. The van der Waals surface area contributed by atoms with Crippen molar-refractivity contribution in [3.8, 4) is 0 Å². The molecule has 178 valence electrons. The lowest BCUT2D eigenvalue weighted by Gasteiger charge is -2.41. The molecule has 3 aromatic rings. The second-order valence-electron chi connectivity index (χ2n) is 9.08. The second kappa shape index (κ2) is 7.93. The van der Waals surface area contributed by atoms with Crippen molar-refractivity contribution in [3.05, 3.63) is 96.1 Å². The SMILES string of the molecule is O=C1NC(Cc2ccccc2)C(=O)N2C1C[C@@]1(Br)c3ccccc3N(S(=O)(=O)c3ccccc3)C21. The summed E-state index contributed by atoms with van der Waals surface area (Å²) >= 11 is 3.83. The molecule has 3 unspecified atom stereocenters. The zero-order valence-electron chi connectivity index (χ0n) is 18.5. The molecule has 0 radical (unpaired) electrons. The first-order chi connectivity index (χ1) is 16.8. The molecule has 3 heterocycles. The topological polar surface area (TPSA) is 86.8 Å². The Morgan fingerprint density at radius 3 is 2.26 bits per heavy atom. The largest absolute Gasteiger partial charge is 0.342 e. The molecule has 2 amide bonds. The van der Waals surface area contributed by atoms with Gasteiger partial charge in [-0.2, -0.15) is 0 Å². The van der Waals surface area contributed by atoms with Gasteiger partial charge in [0.2, 0.25) is 11.8 Å². The van der Waals surface area contributed by atoms with E-state index in [0.717, 1.165) is 11.1 Å². The van der Waals surface area contributed by atoms with Crippen molar-refractivity contribution in [1.82, 2.24) is 10.2 Å². The number of sulfonamides is 1. The summed E-state index contributed by atoms with van der Waals surface area (Å²) in [5.41, 5.74) is 2.17. The van der Waals surface area contributed by atoms with Gasteiger partial charge in [0, 0.05) is 12.8 Å². The molecule has 0 aromatic heterocycles. The Labute approximate surface area is 211 Å². The summed E-state index contributed by atoms with van der Waals surface area (Å²) in [5, 5.41) is 2.88. The number of benzene rings is 3. The quantitative estimate of drug-likeness (QED) is 0.504. The van der Waals surface area contributed by atoms with Gasteiger partial charge in [-0.25, -0.2) is 12.7 Å². The van der Waals surface area contributed by atoms with Crippen LogP contribution in [0.4, 0.5) is 5.69 Å². The summed E-state index contributed by atoms with van der Waals surface area (Å²) in [6.45, 7) is 0. The van der Waals surface area contributed by atoms with Crippen LogP contribution in [0.15, 0.2) is 89.8 Å². The highest BCUT2D eigenvalue weighted by atomic mass is 79.9. The fourth-order valence-electron chi connectivity index (χ4n) is 5.53. The van der Waals surface area contributed by atoms with Crippen molar-refractivity contribution in [2.75, 3.05) is 4.31 Å². The summed E-state index contributed by atoms with van der Waals surface area (Å²) < 4.78 is 28.4. The first kappa shape index (κ1) is 22.3. The van der Waals surface area contributed by atoms with Crippen LogP contribution in [-0.2, 0) is 30.4 Å². The number of nitrogens with zero attached hydrogens (tertiary/aromatic N) is 2. The number of rotatable bonds is 4. The smallest absolute Gasteiger partial charge is 0.266 e. The normalized spacial score (nSPS) is 27.3. The van der Waals surface area contributed by atoms with E-state index < -0.39 is 32.6 Å². The number of hydrogen-bond acceptors (Lipinski definition) is 4. The molecule has 2 fully saturated rings. The van der Waals surface area contributed by atoms with E-state index in [1.165, 1.54) is 9.21 Å². The molecular formula is C26H22BrN3O4S. The molecule has 2 saturated heterocycles. The third kappa shape index (κ3) is 3.25. The van der Waals surface area contributed by atoms with E-state index in [-0.39, 0.29) is 23.1 Å². The van der Waals surface area contributed by atoms with Gasteiger partial charge in [-0.3, -0.25) is 9.59 Å². The number of carbonyl (C=O) groups is 2. The van der Waals surface area contributed by atoms with E-state index in [9.17, 15) is 18.0 Å². The first-order valence-corrected chi connectivity index (χ1v) is 13.6. The van der Waals surface area contributed by atoms with Crippen molar-refractivity contribution in [3.63, 3.8) is 0 Å². The Balaban J connectivity index is 1.47. The molecule has 3 aromatic carbocycles. The van der Waals surface area contributed by atoms with Crippen molar-refractivity contribution in [2.24, 2.45) is 0 Å². The summed E-state index contributed by atoms with van der Waals surface area (Å²) in [6, 6.07) is 23.3. The number of piperazine rings is 1. The Morgan fingerprint density at radius 1 is 0.914 bits per heavy atom. The van der Waals surface area contributed by atoms with Crippen molar-refractivity contribution in [2.45, 2.75) is 40.3 Å². The van der Waals surface area contributed by atoms with Crippen LogP contribution in [-0.4, -0.2) is 43.4 Å². The van der Waals surface area contributed by atoms with E-state index in [2.05, 4.69) is 21.2 Å². The van der Waals surface area contributed by atoms with E-state index in [1.807, 2.05) is 42.5 Å². The summed E-state index contributed by atoms with van der Waals surface area (Å²) in [6.07, 6.45) is -0.313. The number of anilines is 1. The van der Waals surface area contributed by atoms with Crippen molar-refractivity contribution >= 4 is 43.5 Å². The van der Waals surface area contributed by atoms with Crippen LogP contribution in [0.25, 0.3) is 0 Å². The molecule has 0 saturated carbocycles. The molecule has 35 heavy (non-hydrogen) atoms. The highest BCUT2D eigenvalue weighted by Gasteiger charge is 2.66. The van der Waals surface area contributed by atoms with Crippen LogP contribution >= 0.6 is 15.9 Å². The predicted octanol–water partition coefficient (Wildman–Crippen LogP) is 3.15. The maximum atomic E-state index is 14.0. The number of halogens is 1. The van der Waals surface area contributed by atoms with Crippen LogP contribution < -0.4 is 9.62 Å². The number of para-hydroxylation sites is 1. The lowest BCUT2D eigenvalue weighted by molar-refractivity contribution is -0.148. The molecule has 7 nitrogen and oxygen atoms in total. The Kier molecular flexibility index (Phi) is 5.05. The van der Waals surface area contributed by atoms with E-state index in [0.29, 0.717) is 12.1 Å². The standard InChI is InChI=1S/C26H22BrN3O4S/c27-26-16-22-23(31)28-20(15-17-9-3-1-4-10-17)24(32)29(22)25(26)30(21-14-8-7-13-19(21)26)35(33,34)18-11-5-2-6-12-18/h1-14,20,22,25H,15-16H2,(H,28,31)/t20?,22?,25?,26-/m1/s1. The molecule has 0 spiro atoms. The minimum absolute atomic E-state index is 0.129. The molecular weight excluding hydrogens is 530 g/mol. The highest BCUT2D eigenvalue weighted by Crippen LogP contribution is 2.59. The molecule has 6 rings (SSSR count). The Morgan fingerprint density at radius 2 is 1.54 bits per heavy atom. The lowest BCUT2D eigenvalue weighted by atomic mass is 9.95. The fraction of sp³-hybridized carbons (Fsp3) is 0.231. The number of fused-ring (bicyclic) bond motifs is 5. The van der Waals surface area contributed by atoms with Gasteiger partial charge in [0.15, 0.2) is 0 Å². The molecule has 0 bridgehead atoms. The lowest BCUT2D eigenvalue weighted by Crippen LogP contribution is -2.66. The maximum absolute atomic E-state index is 14.0. The van der Waals surface area contributed by atoms with Crippen LogP contribution in [0.1, 0.15) is 17.5 Å². The van der Waals surface area contributed by atoms with Gasteiger partial charge < -0.3 is 10.2 Å². The van der Waals surface area contributed by atoms with Gasteiger partial charge in [0.05, 0.1) is 14.9 Å². The Hall–Kier alpha value is -3.17. The minimum Gasteiger partial charge on any atom is -0.342 e. The van der Waals surface area contributed by atoms with Gasteiger partial charge in [-0.05, 0) is 29.3 Å². The zero-order valence-corrected chi connectivity index (χ0v) is 20.9. The van der Waals surface area contributed by atoms with Crippen LogP contribution in [0.2, 0.25) is 0 Å². The maximum Gasteiger partial charge on any atom is 0.266 e. The molecule has 4 atom stereocenters. The van der Waals surface area contributed by atoms with Gasteiger partial charge in [0.1, 0.15) is 18.2 Å². The summed E-state index contributed by atoms with van der Waals surface area (Å²) in [7, 11) is -4.03. The van der Waals surface area contributed by atoms with Crippen molar-refractivity contribution in [1.29, 1.82) is 0 Å². The molecule has 9 heteroatoms. The number of hydrogen-bond donors (Lipinski definition) is 1. The number of amides is 2. The molecule has 1 N–H and O–H groups in total. The zero-order chi connectivity index (χ0) is 24.4. The van der Waals surface area contributed by atoms with Crippen molar-refractivity contribution < 1.29 is 18.0 Å². The van der Waals surface area contributed by atoms with Gasteiger partial charge in [0.25, 0.3) is 10.0 Å². The monoisotopic (exact) mass is 551 g/mol. The fourth-order valence-corrected chi connectivity index (χ4v) is 8.42. The summed E-state index contributed by atoms with van der Waals surface area (Å²) in [4.78, 5) is 28.7. The number of nitrogens with one attached hydrogen (secondary N) is 1. The van der Waals surface area contributed by atoms with Crippen LogP contribution in [0.3, 0.4) is 0 Å². The van der Waals surface area contributed by atoms with Crippen LogP contribution in [0.5, 0.6) is 0 Å². The molecule has 3 aliphatic heterocycles. The Bertz CT molecular complexity index is 1430. The third-order valence-corrected chi connectivity index (χ3v) is 10.0. The predicted molar refractivity (Wildman–Crippen MR) is 134 cm³/mol. The van der Waals surface area contributed by atoms with E-state index in [4.69, 9.17) is 0 Å². The molecule has 3 aliphatic rings. The van der Waals surface area contributed by atoms with Gasteiger partial charge >= 0.3 is 0 Å². The highest BCUT2D eigenvalue weighted by molar-refractivity contribution is 9.09. The van der Waals surface area contributed by atoms with Gasteiger partial charge in [-0.1, -0.05) is 82.7 Å². The van der Waals surface area contributed by atoms with Gasteiger partial charge in [-0.15, -0.1) is 0 Å². The first-order valence-electron chi connectivity index (χ1n) is 11.4. The second-order valence-corrected chi connectivity index (χ2v) is 12.3. The third-order valence-electron chi connectivity index (χ3n) is 7.06. The summed E-state index contributed by atoms with van der Waals surface area (Å²) in [5.74, 6) is -0.556. The average Bonchev–Trinajstić information content (AvgIpc) is 3.31. The van der Waals surface area contributed by atoms with E-state index >= 15 is 0 Å². The van der Waals surface area contributed by atoms with E-state index in [1.54, 1.807) is 42.5 Å². The number of alkyl halides is 1. The number of carbonyl (C=O) groups excluding carboxylic acids is 2. The molecule has 0 aliphatic carbocycles.